The van der Waals surface area contributed by atoms with Crippen LogP contribution in [0.4, 0.5) is 5.69 Å². The highest BCUT2D eigenvalue weighted by Gasteiger charge is 2.14. The monoisotopic (exact) mass is 423 g/mol. The van der Waals surface area contributed by atoms with E-state index >= 15 is 0 Å². The Labute approximate surface area is 180 Å². The van der Waals surface area contributed by atoms with Gasteiger partial charge in [0.1, 0.15) is 11.3 Å². The van der Waals surface area contributed by atoms with Gasteiger partial charge in [0, 0.05) is 29.1 Å². The van der Waals surface area contributed by atoms with E-state index < -0.39 is 5.63 Å². The molecule has 0 saturated carbocycles. The third kappa shape index (κ3) is 5.72. The second kappa shape index (κ2) is 9.93. The minimum Gasteiger partial charge on any atom is -0.484 e. The van der Waals surface area contributed by atoms with E-state index in [-0.39, 0.29) is 31.3 Å². The fourth-order valence-corrected chi connectivity index (χ4v) is 3.20. The molecule has 0 radical (unpaired) electrons. The molecular formula is C24H25NO6. The maximum Gasteiger partial charge on any atom is 0.339 e. The Morgan fingerprint density at radius 3 is 2.52 bits per heavy atom. The zero-order chi connectivity index (χ0) is 22.4. The summed E-state index contributed by atoms with van der Waals surface area (Å²) in [5.74, 6) is -0.238. The van der Waals surface area contributed by atoms with Gasteiger partial charge in [0.2, 0.25) is 0 Å². The van der Waals surface area contributed by atoms with Gasteiger partial charge in [0.25, 0.3) is 5.91 Å². The van der Waals surface area contributed by atoms with Gasteiger partial charge in [-0.1, -0.05) is 17.7 Å². The number of anilines is 1. The Morgan fingerprint density at radius 2 is 1.81 bits per heavy atom. The van der Waals surface area contributed by atoms with Crippen molar-refractivity contribution in [3.63, 3.8) is 0 Å². The average molecular weight is 423 g/mol. The van der Waals surface area contributed by atoms with Crippen molar-refractivity contribution in [3.8, 4) is 5.75 Å². The van der Waals surface area contributed by atoms with Crippen LogP contribution in [0.1, 0.15) is 30.0 Å². The Hall–Kier alpha value is -3.61. The van der Waals surface area contributed by atoms with Crippen molar-refractivity contribution >= 4 is 28.5 Å². The number of carbonyl (C=O) groups is 2. The Balaban J connectivity index is 1.68. The lowest BCUT2D eigenvalue weighted by molar-refractivity contribution is -0.143. The van der Waals surface area contributed by atoms with Crippen LogP contribution in [-0.2, 0) is 20.7 Å². The molecule has 162 valence electrons. The third-order valence-corrected chi connectivity index (χ3v) is 4.85. The van der Waals surface area contributed by atoms with Crippen LogP contribution in [-0.4, -0.2) is 25.1 Å². The Bertz CT molecular complexity index is 1150. The maximum atomic E-state index is 12.4. The first kappa shape index (κ1) is 22.1. The number of rotatable bonds is 8. The molecule has 0 aliphatic rings. The van der Waals surface area contributed by atoms with Gasteiger partial charge >= 0.3 is 11.6 Å². The quantitative estimate of drug-likeness (QED) is 0.436. The molecule has 0 spiro atoms. The summed E-state index contributed by atoms with van der Waals surface area (Å²) < 4.78 is 15.9. The lowest BCUT2D eigenvalue weighted by Gasteiger charge is -2.10. The number of fused-ring (bicyclic) bond motifs is 1. The molecule has 1 amide bonds. The first-order chi connectivity index (χ1) is 14.9. The van der Waals surface area contributed by atoms with Crippen molar-refractivity contribution in [3.05, 3.63) is 69.6 Å². The van der Waals surface area contributed by atoms with E-state index in [1.54, 1.807) is 25.1 Å². The van der Waals surface area contributed by atoms with E-state index in [9.17, 15) is 14.4 Å². The van der Waals surface area contributed by atoms with Gasteiger partial charge in [-0.2, -0.15) is 0 Å². The first-order valence-electron chi connectivity index (χ1n) is 10.1. The molecule has 2 aromatic carbocycles. The highest BCUT2D eigenvalue weighted by molar-refractivity contribution is 5.92. The van der Waals surface area contributed by atoms with Crippen molar-refractivity contribution in [2.75, 3.05) is 18.5 Å². The fraction of sp³-hybridized carbons (Fsp3) is 0.292. The number of aryl methyl sites for hydroxylation is 2. The van der Waals surface area contributed by atoms with Gasteiger partial charge in [0.05, 0.1) is 6.61 Å². The molecule has 31 heavy (non-hydrogen) atoms. The summed E-state index contributed by atoms with van der Waals surface area (Å²) >= 11 is 0. The number of esters is 1. The number of ether oxygens (including phenoxy) is 2. The second-order valence-corrected chi connectivity index (χ2v) is 7.16. The molecular weight excluding hydrogens is 398 g/mol. The summed E-state index contributed by atoms with van der Waals surface area (Å²) in [5, 5.41) is 3.50. The van der Waals surface area contributed by atoms with E-state index in [1.807, 2.05) is 38.1 Å². The minimum atomic E-state index is -0.497. The Morgan fingerprint density at radius 1 is 1.06 bits per heavy atom. The maximum absolute atomic E-state index is 12.4. The predicted octanol–water partition coefficient (Wildman–Crippen LogP) is 3.92. The van der Waals surface area contributed by atoms with Crippen LogP contribution in [0.5, 0.6) is 5.75 Å². The molecule has 0 aliphatic carbocycles. The summed E-state index contributed by atoms with van der Waals surface area (Å²) in [6.45, 7) is 5.64. The molecule has 0 bridgehead atoms. The molecule has 1 N–H and O–H groups in total. The molecule has 3 aromatic rings. The molecule has 7 heteroatoms. The molecule has 1 aromatic heterocycles. The van der Waals surface area contributed by atoms with Crippen LogP contribution in [0.3, 0.4) is 0 Å². The van der Waals surface area contributed by atoms with Crippen LogP contribution in [0.2, 0.25) is 0 Å². The fourth-order valence-electron chi connectivity index (χ4n) is 3.20. The highest BCUT2D eigenvalue weighted by Crippen LogP contribution is 2.25. The summed E-state index contributed by atoms with van der Waals surface area (Å²) in [6, 6.07) is 12.5. The standard InChI is InChI=1S/C24H25NO6/c1-4-29-23(27)12-11-20-16(3)19-10-9-18(13-21(19)31-24(20)28)30-14-22(26)25-17-7-5-15(2)6-8-17/h5-10,13H,4,11-12,14H2,1-3H3,(H,25,26). The summed E-state index contributed by atoms with van der Waals surface area (Å²) in [5.41, 5.74) is 2.86. The Kier molecular flexibility index (Phi) is 7.07. The summed E-state index contributed by atoms with van der Waals surface area (Å²) in [6.07, 6.45) is 0.364. The molecule has 1 heterocycles. The van der Waals surface area contributed by atoms with Gasteiger partial charge < -0.3 is 19.2 Å². The molecule has 3 rings (SSSR count). The summed E-state index contributed by atoms with van der Waals surface area (Å²) in [4.78, 5) is 36.1. The third-order valence-electron chi connectivity index (χ3n) is 4.85. The highest BCUT2D eigenvalue weighted by atomic mass is 16.5. The largest absolute Gasteiger partial charge is 0.484 e. The molecule has 7 nitrogen and oxygen atoms in total. The average Bonchev–Trinajstić information content (AvgIpc) is 2.73. The van der Waals surface area contributed by atoms with Crippen LogP contribution in [0.25, 0.3) is 11.0 Å². The van der Waals surface area contributed by atoms with E-state index in [0.29, 0.717) is 29.2 Å². The lowest BCUT2D eigenvalue weighted by atomic mass is 10.0. The number of carbonyl (C=O) groups excluding carboxylic acids is 2. The SMILES string of the molecule is CCOC(=O)CCc1c(C)c2ccc(OCC(=O)Nc3ccc(C)cc3)cc2oc1=O. The van der Waals surface area contributed by atoms with Gasteiger partial charge in [-0.3, -0.25) is 9.59 Å². The van der Waals surface area contributed by atoms with Crippen LogP contribution >= 0.6 is 0 Å². The van der Waals surface area contributed by atoms with Gasteiger partial charge in [-0.15, -0.1) is 0 Å². The smallest absolute Gasteiger partial charge is 0.339 e. The first-order valence-corrected chi connectivity index (χ1v) is 10.1. The van der Waals surface area contributed by atoms with Crippen LogP contribution < -0.4 is 15.7 Å². The van der Waals surface area contributed by atoms with Crippen molar-refractivity contribution in [2.45, 2.75) is 33.6 Å². The number of amides is 1. The molecule has 0 saturated heterocycles. The van der Waals surface area contributed by atoms with E-state index in [4.69, 9.17) is 13.9 Å². The van der Waals surface area contributed by atoms with E-state index in [1.165, 1.54) is 0 Å². The molecule has 0 atom stereocenters. The second-order valence-electron chi connectivity index (χ2n) is 7.16. The van der Waals surface area contributed by atoms with E-state index in [0.717, 1.165) is 16.5 Å². The zero-order valence-electron chi connectivity index (χ0n) is 17.8. The summed E-state index contributed by atoms with van der Waals surface area (Å²) in [7, 11) is 0. The molecule has 0 unspecified atom stereocenters. The van der Waals surface area contributed by atoms with Crippen LogP contribution in [0, 0.1) is 13.8 Å². The van der Waals surface area contributed by atoms with E-state index in [2.05, 4.69) is 5.32 Å². The molecule has 0 fully saturated rings. The van der Waals surface area contributed by atoms with Gasteiger partial charge in [-0.05, 0) is 57.0 Å². The zero-order valence-corrected chi connectivity index (χ0v) is 17.8. The van der Waals surface area contributed by atoms with Crippen molar-refractivity contribution in [1.29, 1.82) is 0 Å². The van der Waals surface area contributed by atoms with Gasteiger partial charge in [0.15, 0.2) is 6.61 Å². The molecule has 0 aliphatic heterocycles. The minimum absolute atomic E-state index is 0.113. The lowest BCUT2D eigenvalue weighted by Crippen LogP contribution is -2.20. The topological polar surface area (TPSA) is 94.8 Å². The van der Waals surface area contributed by atoms with Crippen molar-refractivity contribution in [1.82, 2.24) is 0 Å². The number of hydrogen-bond acceptors (Lipinski definition) is 6. The number of nitrogens with one attached hydrogen (secondary N) is 1. The number of hydrogen-bond donors (Lipinski definition) is 1. The predicted molar refractivity (Wildman–Crippen MR) is 117 cm³/mol. The normalized spacial score (nSPS) is 10.7. The van der Waals surface area contributed by atoms with Gasteiger partial charge in [-0.25, -0.2) is 4.79 Å². The van der Waals surface area contributed by atoms with Crippen molar-refractivity contribution in [2.24, 2.45) is 0 Å². The van der Waals surface area contributed by atoms with Crippen molar-refractivity contribution < 1.29 is 23.5 Å². The van der Waals surface area contributed by atoms with Crippen LogP contribution in [0.15, 0.2) is 51.7 Å². The number of benzene rings is 2.